The predicted octanol–water partition coefficient (Wildman–Crippen LogP) is 2.44. The quantitative estimate of drug-likeness (QED) is 0.416. The van der Waals surface area contributed by atoms with Crippen LogP contribution in [0.25, 0.3) is 0 Å². The van der Waals surface area contributed by atoms with Crippen molar-refractivity contribution in [3.63, 3.8) is 0 Å². The standard InChI is InChI=1S/C17H27N3O3/c1-3-22-23-12-15-8-16(15)14-4-6-20(7-5-14)17-18-9-13(10-19-17)11-21-2/h9-10,14-16H,3-8,11-12H2,1-2H3/t15-,16+/m0/s1. The summed E-state index contributed by atoms with van der Waals surface area (Å²) in [6.45, 7) is 5.98. The van der Waals surface area contributed by atoms with Gasteiger partial charge in [-0.05, 0) is 43.9 Å². The zero-order valence-corrected chi connectivity index (χ0v) is 14.1. The summed E-state index contributed by atoms with van der Waals surface area (Å²) >= 11 is 0. The van der Waals surface area contributed by atoms with Gasteiger partial charge in [-0.15, -0.1) is 0 Å². The molecule has 2 heterocycles. The van der Waals surface area contributed by atoms with Gasteiger partial charge in [-0.2, -0.15) is 0 Å². The monoisotopic (exact) mass is 321 g/mol. The van der Waals surface area contributed by atoms with Crippen LogP contribution in [-0.2, 0) is 21.1 Å². The molecule has 1 aliphatic carbocycles. The van der Waals surface area contributed by atoms with Crippen molar-refractivity contribution in [2.24, 2.45) is 17.8 Å². The lowest BCUT2D eigenvalue weighted by molar-refractivity contribution is -0.294. The lowest BCUT2D eigenvalue weighted by Crippen LogP contribution is -2.35. The highest BCUT2D eigenvalue weighted by atomic mass is 17.2. The number of hydrogen-bond acceptors (Lipinski definition) is 6. The van der Waals surface area contributed by atoms with E-state index in [9.17, 15) is 0 Å². The summed E-state index contributed by atoms with van der Waals surface area (Å²) < 4.78 is 5.09. The van der Waals surface area contributed by atoms with E-state index in [1.807, 2.05) is 19.3 Å². The van der Waals surface area contributed by atoms with Crippen LogP contribution in [0.5, 0.6) is 0 Å². The Morgan fingerprint density at radius 1 is 1.17 bits per heavy atom. The Kier molecular flexibility index (Phi) is 5.80. The predicted molar refractivity (Wildman–Crippen MR) is 86.9 cm³/mol. The summed E-state index contributed by atoms with van der Waals surface area (Å²) in [4.78, 5) is 21.4. The minimum atomic E-state index is 0.565. The number of rotatable bonds is 8. The summed E-state index contributed by atoms with van der Waals surface area (Å²) in [7, 11) is 1.68. The Morgan fingerprint density at radius 2 is 1.91 bits per heavy atom. The molecule has 6 nitrogen and oxygen atoms in total. The van der Waals surface area contributed by atoms with Gasteiger partial charge in [0.1, 0.15) is 0 Å². The number of ether oxygens (including phenoxy) is 1. The molecule has 0 spiro atoms. The van der Waals surface area contributed by atoms with Gasteiger partial charge in [0.15, 0.2) is 0 Å². The summed E-state index contributed by atoms with van der Waals surface area (Å²) in [5, 5.41) is 0. The maximum Gasteiger partial charge on any atom is 0.225 e. The molecule has 0 N–H and O–H groups in total. The number of anilines is 1. The van der Waals surface area contributed by atoms with Gasteiger partial charge in [0, 0.05) is 38.2 Å². The first-order valence-corrected chi connectivity index (χ1v) is 8.61. The third-order valence-electron chi connectivity index (χ3n) is 4.89. The Bertz CT molecular complexity index is 474. The van der Waals surface area contributed by atoms with Crippen LogP contribution < -0.4 is 4.90 Å². The van der Waals surface area contributed by atoms with E-state index in [4.69, 9.17) is 14.5 Å². The Morgan fingerprint density at radius 3 is 2.57 bits per heavy atom. The molecule has 2 aliphatic rings. The molecule has 1 saturated carbocycles. The Balaban J connectivity index is 1.42. The van der Waals surface area contributed by atoms with Crippen molar-refractivity contribution in [3.05, 3.63) is 18.0 Å². The maximum atomic E-state index is 5.21. The fraction of sp³-hybridized carbons (Fsp3) is 0.765. The van der Waals surface area contributed by atoms with Gasteiger partial charge in [0.05, 0.1) is 19.8 Å². The SMILES string of the molecule is CCOOC[C@@H]1C[C@@H]1C1CCN(c2ncc(COC)cn2)CC1. The van der Waals surface area contributed by atoms with E-state index >= 15 is 0 Å². The zero-order valence-electron chi connectivity index (χ0n) is 14.1. The molecule has 1 aliphatic heterocycles. The van der Waals surface area contributed by atoms with Gasteiger partial charge in [0.25, 0.3) is 0 Å². The molecule has 0 amide bonds. The van der Waals surface area contributed by atoms with Crippen LogP contribution in [0.15, 0.2) is 12.4 Å². The van der Waals surface area contributed by atoms with Crippen LogP contribution in [0.2, 0.25) is 0 Å². The summed E-state index contributed by atoms with van der Waals surface area (Å²) in [5.74, 6) is 3.18. The number of aromatic nitrogens is 2. The molecule has 23 heavy (non-hydrogen) atoms. The topological polar surface area (TPSA) is 56.7 Å². The molecule has 0 aromatic carbocycles. The second-order valence-corrected chi connectivity index (χ2v) is 6.50. The van der Waals surface area contributed by atoms with Crippen LogP contribution >= 0.6 is 0 Å². The van der Waals surface area contributed by atoms with Crippen molar-refractivity contribution >= 4 is 5.95 Å². The largest absolute Gasteiger partial charge is 0.380 e. The highest BCUT2D eigenvalue weighted by molar-refractivity contribution is 5.30. The molecule has 0 unspecified atom stereocenters. The van der Waals surface area contributed by atoms with Crippen molar-refractivity contribution < 1.29 is 14.5 Å². The molecule has 2 atom stereocenters. The minimum Gasteiger partial charge on any atom is -0.380 e. The lowest BCUT2D eigenvalue weighted by atomic mass is 9.91. The van der Waals surface area contributed by atoms with E-state index < -0.39 is 0 Å². The van der Waals surface area contributed by atoms with Crippen LogP contribution in [0, 0.1) is 17.8 Å². The minimum absolute atomic E-state index is 0.565. The van der Waals surface area contributed by atoms with E-state index in [1.54, 1.807) is 7.11 Å². The molecule has 6 heteroatoms. The average molecular weight is 321 g/mol. The summed E-state index contributed by atoms with van der Waals surface area (Å²) in [6.07, 6.45) is 7.46. The second kappa shape index (κ2) is 8.04. The van der Waals surface area contributed by atoms with Gasteiger partial charge in [-0.3, -0.25) is 0 Å². The zero-order chi connectivity index (χ0) is 16.1. The normalized spacial score (nSPS) is 24.9. The maximum absolute atomic E-state index is 5.21. The highest BCUT2D eigenvalue weighted by Crippen LogP contribution is 2.48. The van der Waals surface area contributed by atoms with E-state index in [0.717, 1.165) is 43.0 Å². The molecule has 1 saturated heterocycles. The van der Waals surface area contributed by atoms with Crippen LogP contribution in [0.1, 0.15) is 31.7 Å². The third-order valence-corrected chi connectivity index (χ3v) is 4.89. The number of methoxy groups -OCH3 is 1. The van der Waals surface area contributed by atoms with Crippen molar-refractivity contribution in [2.75, 3.05) is 38.3 Å². The number of hydrogen-bond donors (Lipinski definition) is 0. The first kappa shape index (κ1) is 16.6. The van der Waals surface area contributed by atoms with Gasteiger partial charge in [-0.1, -0.05) is 0 Å². The fourth-order valence-corrected chi connectivity index (χ4v) is 3.54. The van der Waals surface area contributed by atoms with Crippen molar-refractivity contribution in [1.29, 1.82) is 0 Å². The van der Waals surface area contributed by atoms with Gasteiger partial charge < -0.3 is 9.64 Å². The van der Waals surface area contributed by atoms with Crippen molar-refractivity contribution in [3.8, 4) is 0 Å². The molecule has 1 aromatic rings. The molecular formula is C17H27N3O3. The molecule has 3 rings (SSSR count). The van der Waals surface area contributed by atoms with Gasteiger partial charge in [0.2, 0.25) is 5.95 Å². The second-order valence-electron chi connectivity index (χ2n) is 6.50. The first-order chi connectivity index (χ1) is 11.3. The fourth-order valence-electron chi connectivity index (χ4n) is 3.54. The van der Waals surface area contributed by atoms with E-state index in [2.05, 4.69) is 14.9 Å². The van der Waals surface area contributed by atoms with Crippen LogP contribution in [-0.4, -0.2) is 43.4 Å². The van der Waals surface area contributed by atoms with Crippen LogP contribution in [0.3, 0.4) is 0 Å². The first-order valence-electron chi connectivity index (χ1n) is 8.61. The molecular weight excluding hydrogens is 294 g/mol. The molecule has 0 radical (unpaired) electrons. The van der Waals surface area contributed by atoms with Gasteiger partial charge in [-0.25, -0.2) is 19.7 Å². The molecule has 0 bridgehead atoms. The smallest absolute Gasteiger partial charge is 0.225 e. The third kappa shape index (κ3) is 4.40. The summed E-state index contributed by atoms with van der Waals surface area (Å²) in [6, 6.07) is 0. The molecule has 128 valence electrons. The van der Waals surface area contributed by atoms with E-state index in [0.29, 0.717) is 19.1 Å². The Labute approximate surface area is 138 Å². The average Bonchev–Trinajstić information content (AvgIpc) is 3.36. The number of nitrogens with zero attached hydrogens (tertiary/aromatic N) is 3. The highest BCUT2D eigenvalue weighted by Gasteiger charge is 2.44. The van der Waals surface area contributed by atoms with E-state index in [-0.39, 0.29) is 0 Å². The number of piperidine rings is 1. The molecule has 2 fully saturated rings. The molecule has 1 aromatic heterocycles. The summed E-state index contributed by atoms with van der Waals surface area (Å²) in [5.41, 5.74) is 1.02. The van der Waals surface area contributed by atoms with Crippen LogP contribution in [0.4, 0.5) is 5.95 Å². The lowest BCUT2D eigenvalue weighted by Gasteiger charge is -2.32. The van der Waals surface area contributed by atoms with Crippen molar-refractivity contribution in [1.82, 2.24) is 9.97 Å². The Hall–Kier alpha value is -1.24. The van der Waals surface area contributed by atoms with E-state index in [1.165, 1.54) is 19.3 Å². The van der Waals surface area contributed by atoms with Gasteiger partial charge >= 0.3 is 0 Å². The van der Waals surface area contributed by atoms with Crippen molar-refractivity contribution in [2.45, 2.75) is 32.8 Å².